The molecule has 2 heterocycles. The van der Waals surface area contributed by atoms with Gasteiger partial charge in [0.25, 0.3) is 5.91 Å². The highest BCUT2D eigenvalue weighted by Gasteiger charge is 2.31. The Bertz CT molecular complexity index is 837. The van der Waals surface area contributed by atoms with Gasteiger partial charge in [0.05, 0.1) is 10.8 Å². The number of piperidine rings is 1. The van der Waals surface area contributed by atoms with Gasteiger partial charge in [-0.1, -0.05) is 30.3 Å². The van der Waals surface area contributed by atoms with Crippen LogP contribution in [0.1, 0.15) is 28.9 Å². The number of carbonyl (C=O) groups excluding carboxylic acids is 1. The van der Waals surface area contributed by atoms with Gasteiger partial charge in [0.1, 0.15) is 5.69 Å². The van der Waals surface area contributed by atoms with Gasteiger partial charge in [0.2, 0.25) is 10.0 Å². The van der Waals surface area contributed by atoms with Crippen LogP contribution in [0.4, 0.5) is 0 Å². The Kier molecular flexibility index (Phi) is 4.42. The third-order valence-electron chi connectivity index (χ3n) is 4.40. The molecule has 0 saturated carbocycles. The monoisotopic (exact) mass is 348 g/mol. The van der Waals surface area contributed by atoms with Gasteiger partial charge in [-0.3, -0.25) is 9.89 Å². The second kappa shape index (κ2) is 6.37. The van der Waals surface area contributed by atoms with Crippen molar-refractivity contribution in [2.24, 2.45) is 5.14 Å². The van der Waals surface area contributed by atoms with Crippen LogP contribution in [0.2, 0.25) is 0 Å². The Balaban J connectivity index is 1.83. The van der Waals surface area contributed by atoms with Gasteiger partial charge >= 0.3 is 0 Å². The Morgan fingerprint density at radius 3 is 2.46 bits per heavy atom. The number of likely N-dealkylation sites (tertiary alicyclic amines) is 1. The van der Waals surface area contributed by atoms with Crippen LogP contribution in [0.3, 0.4) is 0 Å². The number of nitrogens with zero attached hydrogens (tertiary/aromatic N) is 2. The SMILES string of the molecule is Cc1[nH]nc(-c2ccccc2)c1C(=O)N1CCC(S(N)(=O)=O)CC1. The number of aryl methyl sites for hydroxylation is 1. The number of sulfonamides is 1. The number of nitrogens with one attached hydrogen (secondary N) is 1. The standard InChI is InChI=1S/C16H20N4O3S/c1-11-14(15(19-18-11)12-5-3-2-4-6-12)16(21)20-9-7-13(8-10-20)24(17,22)23/h2-6,13H,7-10H2,1H3,(H,18,19)(H2,17,22,23). The molecular formula is C16H20N4O3S. The zero-order valence-electron chi connectivity index (χ0n) is 13.4. The van der Waals surface area contributed by atoms with Crippen LogP contribution in [0.5, 0.6) is 0 Å². The number of nitrogens with two attached hydrogens (primary N) is 1. The van der Waals surface area contributed by atoms with Crippen LogP contribution in [-0.2, 0) is 10.0 Å². The molecule has 3 rings (SSSR count). The summed E-state index contributed by atoms with van der Waals surface area (Å²) in [5, 5.41) is 11.8. The van der Waals surface area contributed by atoms with Gasteiger partial charge in [0.15, 0.2) is 0 Å². The van der Waals surface area contributed by atoms with E-state index < -0.39 is 15.3 Å². The molecule has 1 aliphatic heterocycles. The molecule has 7 nitrogen and oxygen atoms in total. The molecule has 1 aromatic heterocycles. The predicted molar refractivity (Wildman–Crippen MR) is 90.8 cm³/mol. The first-order valence-electron chi connectivity index (χ1n) is 7.79. The van der Waals surface area contributed by atoms with E-state index in [2.05, 4.69) is 10.2 Å². The first-order valence-corrected chi connectivity index (χ1v) is 9.40. The zero-order chi connectivity index (χ0) is 17.3. The highest BCUT2D eigenvalue weighted by Crippen LogP contribution is 2.26. The maximum absolute atomic E-state index is 12.9. The molecule has 1 fully saturated rings. The fraction of sp³-hybridized carbons (Fsp3) is 0.375. The minimum atomic E-state index is -3.54. The van der Waals surface area contributed by atoms with E-state index in [1.54, 1.807) is 4.90 Å². The number of amides is 1. The van der Waals surface area contributed by atoms with E-state index in [0.717, 1.165) is 5.56 Å². The lowest BCUT2D eigenvalue weighted by atomic mass is 10.0. The molecule has 0 radical (unpaired) electrons. The quantitative estimate of drug-likeness (QED) is 0.870. The van der Waals surface area contributed by atoms with Crippen molar-refractivity contribution in [1.82, 2.24) is 15.1 Å². The smallest absolute Gasteiger partial charge is 0.257 e. The Hall–Kier alpha value is -2.19. The number of aromatic nitrogens is 2. The number of hydrogen-bond donors (Lipinski definition) is 2. The number of H-pyrrole nitrogens is 1. The summed E-state index contributed by atoms with van der Waals surface area (Å²) < 4.78 is 22.9. The fourth-order valence-electron chi connectivity index (χ4n) is 3.04. The minimum Gasteiger partial charge on any atom is -0.338 e. The molecule has 0 bridgehead atoms. The lowest BCUT2D eigenvalue weighted by Gasteiger charge is -2.31. The summed E-state index contributed by atoms with van der Waals surface area (Å²) >= 11 is 0. The first-order chi connectivity index (χ1) is 11.4. The molecule has 2 aromatic rings. The lowest BCUT2D eigenvalue weighted by Crippen LogP contribution is -2.44. The summed E-state index contributed by atoms with van der Waals surface area (Å²) in [7, 11) is -3.54. The molecule has 1 aromatic carbocycles. The van der Waals surface area contributed by atoms with E-state index in [9.17, 15) is 13.2 Å². The second-order valence-electron chi connectivity index (χ2n) is 6.02. The topological polar surface area (TPSA) is 109 Å². The van der Waals surface area contributed by atoms with E-state index in [-0.39, 0.29) is 5.91 Å². The van der Waals surface area contributed by atoms with Crippen molar-refractivity contribution >= 4 is 15.9 Å². The molecule has 3 N–H and O–H groups in total. The molecule has 1 saturated heterocycles. The number of carbonyl (C=O) groups is 1. The molecule has 1 aliphatic rings. The Labute approximate surface area is 140 Å². The molecule has 8 heteroatoms. The van der Waals surface area contributed by atoms with Gasteiger partial charge in [-0.2, -0.15) is 5.10 Å². The van der Waals surface area contributed by atoms with Gasteiger partial charge in [0, 0.05) is 24.3 Å². The second-order valence-corrected chi connectivity index (χ2v) is 7.86. The number of benzene rings is 1. The number of rotatable bonds is 3. The molecule has 0 aliphatic carbocycles. The molecule has 0 spiro atoms. The van der Waals surface area contributed by atoms with Crippen LogP contribution in [0.25, 0.3) is 11.3 Å². The third-order valence-corrected chi connectivity index (χ3v) is 5.80. The molecule has 24 heavy (non-hydrogen) atoms. The third kappa shape index (κ3) is 3.20. The van der Waals surface area contributed by atoms with Crippen molar-refractivity contribution < 1.29 is 13.2 Å². The summed E-state index contributed by atoms with van der Waals surface area (Å²) in [6.45, 7) is 2.56. The van der Waals surface area contributed by atoms with Crippen molar-refractivity contribution in [2.75, 3.05) is 13.1 Å². The van der Waals surface area contributed by atoms with Gasteiger partial charge < -0.3 is 4.90 Å². The Morgan fingerprint density at radius 2 is 1.88 bits per heavy atom. The van der Waals surface area contributed by atoms with Crippen molar-refractivity contribution in [3.8, 4) is 11.3 Å². The summed E-state index contributed by atoms with van der Waals surface area (Å²) in [5.74, 6) is -0.132. The van der Waals surface area contributed by atoms with Crippen LogP contribution < -0.4 is 5.14 Å². The lowest BCUT2D eigenvalue weighted by molar-refractivity contribution is 0.0725. The van der Waals surface area contributed by atoms with Gasteiger partial charge in [-0.15, -0.1) is 0 Å². The summed E-state index contributed by atoms with van der Waals surface area (Å²) in [5.41, 5.74) is 2.72. The molecule has 128 valence electrons. The predicted octanol–water partition coefficient (Wildman–Crippen LogP) is 1.28. The van der Waals surface area contributed by atoms with E-state index in [0.29, 0.717) is 42.9 Å². The number of hydrogen-bond acceptors (Lipinski definition) is 4. The molecule has 1 amide bonds. The summed E-state index contributed by atoms with van der Waals surface area (Å²) in [4.78, 5) is 14.6. The van der Waals surface area contributed by atoms with Gasteiger partial charge in [-0.05, 0) is 19.8 Å². The van der Waals surface area contributed by atoms with Crippen molar-refractivity contribution in [2.45, 2.75) is 25.0 Å². The normalized spacial score (nSPS) is 16.3. The van der Waals surface area contributed by atoms with E-state index >= 15 is 0 Å². The van der Waals surface area contributed by atoms with E-state index in [1.165, 1.54) is 0 Å². The summed E-state index contributed by atoms with van der Waals surface area (Å²) in [6, 6.07) is 9.50. The van der Waals surface area contributed by atoms with E-state index in [4.69, 9.17) is 5.14 Å². The Morgan fingerprint density at radius 1 is 1.25 bits per heavy atom. The number of aromatic amines is 1. The molecular weight excluding hydrogens is 328 g/mol. The van der Waals surface area contributed by atoms with Gasteiger partial charge in [-0.25, -0.2) is 13.6 Å². The van der Waals surface area contributed by atoms with Crippen LogP contribution in [-0.4, -0.2) is 47.8 Å². The maximum atomic E-state index is 12.9. The fourth-order valence-corrected chi connectivity index (χ4v) is 3.91. The van der Waals surface area contributed by atoms with Crippen molar-refractivity contribution in [3.05, 3.63) is 41.6 Å². The number of primary sulfonamides is 1. The summed E-state index contributed by atoms with van der Waals surface area (Å²) in [6.07, 6.45) is 0.726. The maximum Gasteiger partial charge on any atom is 0.257 e. The van der Waals surface area contributed by atoms with Crippen molar-refractivity contribution in [3.63, 3.8) is 0 Å². The largest absolute Gasteiger partial charge is 0.338 e. The average Bonchev–Trinajstić information content (AvgIpc) is 2.96. The van der Waals surface area contributed by atoms with Crippen LogP contribution in [0.15, 0.2) is 30.3 Å². The van der Waals surface area contributed by atoms with Crippen molar-refractivity contribution in [1.29, 1.82) is 0 Å². The molecule has 0 unspecified atom stereocenters. The van der Waals surface area contributed by atoms with E-state index in [1.807, 2.05) is 37.3 Å². The highest BCUT2D eigenvalue weighted by molar-refractivity contribution is 7.89. The molecule has 0 atom stereocenters. The highest BCUT2D eigenvalue weighted by atomic mass is 32.2. The first kappa shape index (κ1) is 16.7. The van der Waals surface area contributed by atoms with Crippen LogP contribution in [0, 0.1) is 6.92 Å². The average molecular weight is 348 g/mol. The zero-order valence-corrected chi connectivity index (χ0v) is 14.2. The minimum absolute atomic E-state index is 0.132. The van der Waals surface area contributed by atoms with Crippen LogP contribution >= 0.6 is 0 Å².